The quantitative estimate of drug-likeness (QED) is 0.867. The van der Waals surface area contributed by atoms with Crippen molar-refractivity contribution in [3.05, 3.63) is 22.2 Å². The first-order chi connectivity index (χ1) is 7.74. The second kappa shape index (κ2) is 5.03. The summed E-state index contributed by atoms with van der Waals surface area (Å²) in [4.78, 5) is 0. The molecule has 0 fully saturated rings. The molecule has 0 radical (unpaired) electrons. The van der Waals surface area contributed by atoms with Gasteiger partial charge in [-0.05, 0) is 22.0 Å². The molecule has 0 spiro atoms. The highest BCUT2D eigenvalue weighted by Gasteiger charge is 2.21. The Labute approximate surface area is 102 Å². The number of hydrogen-bond donors (Lipinski definition) is 2. The molecule has 3 N–H and O–H groups in total. The van der Waals surface area contributed by atoms with E-state index in [1.54, 1.807) is 6.07 Å². The topological polar surface area (TPSA) is 64.7 Å². The van der Waals surface area contributed by atoms with E-state index in [2.05, 4.69) is 15.9 Å². The van der Waals surface area contributed by atoms with E-state index in [9.17, 15) is 5.11 Å². The number of aliphatic hydroxyl groups excluding tert-OH is 1. The first kappa shape index (κ1) is 11.7. The van der Waals surface area contributed by atoms with Crippen molar-refractivity contribution in [3.8, 4) is 11.5 Å². The minimum absolute atomic E-state index is 0.164. The molecule has 1 unspecified atom stereocenters. The van der Waals surface area contributed by atoms with Gasteiger partial charge in [0, 0.05) is 18.5 Å². The van der Waals surface area contributed by atoms with Crippen LogP contribution in [0.2, 0.25) is 0 Å². The van der Waals surface area contributed by atoms with Crippen LogP contribution < -0.4 is 15.2 Å². The number of fused-ring (bicyclic) bond motifs is 1. The molecule has 4 nitrogen and oxygen atoms in total. The van der Waals surface area contributed by atoms with Crippen molar-refractivity contribution in [3.63, 3.8) is 0 Å². The molecule has 5 heteroatoms. The van der Waals surface area contributed by atoms with Gasteiger partial charge in [0.1, 0.15) is 0 Å². The fraction of sp³-hybridized carbons (Fsp3) is 0.455. The second-order valence-electron chi connectivity index (χ2n) is 3.60. The summed E-state index contributed by atoms with van der Waals surface area (Å²) >= 11 is 3.40. The van der Waals surface area contributed by atoms with Crippen molar-refractivity contribution >= 4 is 15.9 Å². The van der Waals surface area contributed by atoms with Crippen LogP contribution in [0.4, 0.5) is 0 Å². The zero-order valence-corrected chi connectivity index (χ0v) is 10.4. The smallest absolute Gasteiger partial charge is 0.175 e. The maximum atomic E-state index is 9.79. The maximum Gasteiger partial charge on any atom is 0.175 e. The number of halogens is 1. The summed E-state index contributed by atoms with van der Waals surface area (Å²) in [6, 6.07) is 3.64. The highest BCUT2D eigenvalue weighted by Crippen LogP contribution is 2.41. The monoisotopic (exact) mass is 287 g/mol. The van der Waals surface area contributed by atoms with Gasteiger partial charge in [-0.25, -0.2) is 0 Å². The van der Waals surface area contributed by atoms with Crippen molar-refractivity contribution in [1.29, 1.82) is 0 Å². The molecule has 1 atom stereocenters. The Hall–Kier alpha value is -0.780. The van der Waals surface area contributed by atoms with Crippen LogP contribution >= 0.6 is 15.9 Å². The molecular weight excluding hydrogens is 274 g/mol. The molecule has 2 rings (SSSR count). The van der Waals surface area contributed by atoms with E-state index < -0.39 is 6.10 Å². The SMILES string of the molecule is NCC(O)c1ccc(Br)c2c1OCCCO2. The molecule has 1 aliphatic heterocycles. The first-order valence-electron chi connectivity index (χ1n) is 5.20. The standard InChI is InChI=1S/C11H14BrNO3/c12-8-3-2-7(9(14)6-13)10-11(8)16-5-1-4-15-10/h2-3,9,14H,1,4-6,13H2. The molecular formula is C11H14BrNO3. The molecule has 88 valence electrons. The summed E-state index contributed by atoms with van der Waals surface area (Å²) in [7, 11) is 0. The minimum atomic E-state index is -0.719. The van der Waals surface area contributed by atoms with E-state index in [4.69, 9.17) is 15.2 Å². The third-order valence-corrected chi connectivity index (χ3v) is 3.08. The molecule has 1 aromatic carbocycles. The predicted molar refractivity (Wildman–Crippen MR) is 63.8 cm³/mol. The Morgan fingerprint density at radius 3 is 2.69 bits per heavy atom. The van der Waals surface area contributed by atoms with Crippen molar-refractivity contribution < 1.29 is 14.6 Å². The maximum absolute atomic E-state index is 9.79. The van der Waals surface area contributed by atoms with E-state index in [1.165, 1.54) is 0 Å². The molecule has 1 aliphatic rings. The molecule has 0 bridgehead atoms. The van der Waals surface area contributed by atoms with Gasteiger partial charge in [-0.2, -0.15) is 0 Å². The van der Waals surface area contributed by atoms with Gasteiger partial charge in [0.15, 0.2) is 11.5 Å². The Morgan fingerprint density at radius 2 is 2.00 bits per heavy atom. The first-order valence-corrected chi connectivity index (χ1v) is 5.99. The summed E-state index contributed by atoms with van der Waals surface area (Å²) in [5.41, 5.74) is 6.14. The number of rotatable bonds is 2. The molecule has 0 aromatic heterocycles. The molecule has 16 heavy (non-hydrogen) atoms. The Kier molecular flexibility index (Phi) is 3.68. The van der Waals surface area contributed by atoms with Gasteiger partial charge >= 0.3 is 0 Å². The third-order valence-electron chi connectivity index (χ3n) is 2.46. The lowest BCUT2D eigenvalue weighted by molar-refractivity contribution is 0.179. The van der Waals surface area contributed by atoms with Crippen LogP contribution in [0.5, 0.6) is 11.5 Å². The van der Waals surface area contributed by atoms with E-state index in [-0.39, 0.29) is 6.54 Å². The minimum Gasteiger partial charge on any atom is -0.489 e. The second-order valence-corrected chi connectivity index (χ2v) is 4.45. The summed E-state index contributed by atoms with van der Waals surface area (Å²) in [5.74, 6) is 1.26. The van der Waals surface area contributed by atoms with E-state index in [0.29, 0.717) is 30.3 Å². The lowest BCUT2D eigenvalue weighted by Crippen LogP contribution is -2.13. The van der Waals surface area contributed by atoms with Crippen LogP contribution in [0, 0.1) is 0 Å². The zero-order valence-electron chi connectivity index (χ0n) is 8.78. The highest BCUT2D eigenvalue weighted by atomic mass is 79.9. The van der Waals surface area contributed by atoms with Crippen molar-refractivity contribution in [1.82, 2.24) is 0 Å². The molecule has 0 saturated heterocycles. The normalized spacial score (nSPS) is 16.7. The number of nitrogens with two attached hydrogens (primary N) is 1. The average Bonchev–Trinajstić information content (AvgIpc) is 2.55. The number of hydrogen-bond acceptors (Lipinski definition) is 4. The molecule has 0 saturated carbocycles. The van der Waals surface area contributed by atoms with Crippen LogP contribution in [0.1, 0.15) is 18.1 Å². The predicted octanol–water partition coefficient (Wildman–Crippen LogP) is 1.60. The van der Waals surface area contributed by atoms with Gasteiger partial charge in [0.25, 0.3) is 0 Å². The Bertz CT molecular complexity index is 384. The fourth-order valence-electron chi connectivity index (χ4n) is 1.63. The van der Waals surface area contributed by atoms with Gasteiger partial charge in [0.2, 0.25) is 0 Å². The van der Waals surface area contributed by atoms with E-state index in [1.807, 2.05) is 6.07 Å². The zero-order chi connectivity index (χ0) is 11.5. The van der Waals surface area contributed by atoms with Crippen molar-refractivity contribution in [2.24, 2.45) is 5.73 Å². The molecule has 0 amide bonds. The van der Waals surface area contributed by atoms with Crippen LogP contribution in [-0.4, -0.2) is 24.9 Å². The summed E-state index contributed by atoms with van der Waals surface area (Å²) < 4.78 is 12.0. The Morgan fingerprint density at radius 1 is 1.31 bits per heavy atom. The summed E-state index contributed by atoms with van der Waals surface area (Å²) in [5, 5.41) is 9.79. The van der Waals surface area contributed by atoms with Gasteiger partial charge in [-0.3, -0.25) is 0 Å². The third kappa shape index (κ3) is 2.16. The Balaban J connectivity index is 2.47. The van der Waals surface area contributed by atoms with Crippen LogP contribution in [0.15, 0.2) is 16.6 Å². The molecule has 1 aromatic rings. The molecule has 0 aliphatic carbocycles. The number of aliphatic hydroxyl groups is 1. The van der Waals surface area contributed by atoms with Gasteiger partial charge in [0.05, 0.1) is 23.8 Å². The summed E-state index contributed by atoms with van der Waals surface area (Å²) in [6.07, 6.45) is 0.114. The lowest BCUT2D eigenvalue weighted by Gasteiger charge is -2.16. The number of ether oxygens (including phenoxy) is 2. The number of benzene rings is 1. The van der Waals surface area contributed by atoms with Crippen LogP contribution in [-0.2, 0) is 0 Å². The van der Waals surface area contributed by atoms with Crippen LogP contribution in [0.3, 0.4) is 0 Å². The van der Waals surface area contributed by atoms with Gasteiger partial charge < -0.3 is 20.3 Å². The van der Waals surface area contributed by atoms with Crippen LogP contribution in [0.25, 0.3) is 0 Å². The largest absolute Gasteiger partial charge is 0.489 e. The van der Waals surface area contributed by atoms with Crippen molar-refractivity contribution in [2.75, 3.05) is 19.8 Å². The fourth-order valence-corrected chi connectivity index (χ4v) is 2.06. The molecule has 1 heterocycles. The van der Waals surface area contributed by atoms with Gasteiger partial charge in [-0.1, -0.05) is 6.07 Å². The van der Waals surface area contributed by atoms with Crippen molar-refractivity contribution in [2.45, 2.75) is 12.5 Å². The van der Waals surface area contributed by atoms with E-state index in [0.717, 1.165) is 10.9 Å². The highest BCUT2D eigenvalue weighted by molar-refractivity contribution is 9.10. The average molecular weight is 288 g/mol. The van der Waals surface area contributed by atoms with Gasteiger partial charge in [-0.15, -0.1) is 0 Å². The summed E-state index contributed by atoms with van der Waals surface area (Å²) in [6.45, 7) is 1.37. The van der Waals surface area contributed by atoms with E-state index >= 15 is 0 Å². The lowest BCUT2D eigenvalue weighted by atomic mass is 10.1.